The minimum atomic E-state index is -0.372. The van der Waals surface area contributed by atoms with Crippen LogP contribution in [0.2, 0.25) is 0 Å². The maximum atomic E-state index is 12.1. The van der Waals surface area contributed by atoms with E-state index < -0.39 is 0 Å². The van der Waals surface area contributed by atoms with Crippen molar-refractivity contribution in [2.45, 2.75) is 0 Å². The molecule has 1 amide bonds. The van der Waals surface area contributed by atoms with Gasteiger partial charge in [0.2, 0.25) is 0 Å². The average Bonchev–Trinajstić information content (AvgIpc) is 2.57. The van der Waals surface area contributed by atoms with E-state index in [2.05, 4.69) is 33.1 Å². The molecule has 0 spiro atoms. The summed E-state index contributed by atoms with van der Waals surface area (Å²) in [6.45, 7) is 0.963. The van der Waals surface area contributed by atoms with Crippen LogP contribution in [-0.4, -0.2) is 30.4 Å². The Labute approximate surface area is 146 Å². The zero-order valence-corrected chi connectivity index (χ0v) is 14.1. The highest BCUT2D eigenvalue weighted by Gasteiger charge is 2.14. The molecule has 7 heteroatoms. The van der Waals surface area contributed by atoms with Gasteiger partial charge in [-0.1, -0.05) is 0 Å². The first-order chi connectivity index (χ1) is 11.1. The summed E-state index contributed by atoms with van der Waals surface area (Å²) < 4.78 is 11.8. The number of phenolic OH excluding ortho intramolecular Hbond substituents is 1. The number of rotatable bonds is 3. The van der Waals surface area contributed by atoms with E-state index in [0.717, 1.165) is 3.57 Å². The molecule has 1 aliphatic heterocycles. The lowest BCUT2D eigenvalue weighted by Gasteiger charge is -2.18. The van der Waals surface area contributed by atoms with Crippen molar-refractivity contribution in [1.82, 2.24) is 5.43 Å². The topological polar surface area (TPSA) is 80.2 Å². The second-order valence-corrected chi connectivity index (χ2v) is 6.01. The van der Waals surface area contributed by atoms with E-state index in [1.165, 1.54) is 6.21 Å². The van der Waals surface area contributed by atoms with Gasteiger partial charge in [0.25, 0.3) is 5.91 Å². The molecule has 3 rings (SSSR count). The van der Waals surface area contributed by atoms with Crippen LogP contribution in [0.1, 0.15) is 15.9 Å². The average molecular weight is 424 g/mol. The number of hydrogen-bond donors (Lipinski definition) is 2. The van der Waals surface area contributed by atoms with Crippen LogP contribution in [0.15, 0.2) is 41.5 Å². The highest BCUT2D eigenvalue weighted by Crippen LogP contribution is 2.30. The normalized spacial score (nSPS) is 13.1. The number of carbonyl (C=O) groups is 1. The standard InChI is InChI=1S/C16H13IN2O4/c17-12-2-3-13(20)11(7-12)9-18-19-16(21)10-1-4-14-15(8-10)23-6-5-22-14/h1-4,7-9,20H,5-6H2,(H,19,21)/b18-9+. The van der Waals surface area contributed by atoms with Crippen LogP contribution in [0.25, 0.3) is 0 Å². The fourth-order valence-electron chi connectivity index (χ4n) is 2.04. The molecule has 0 aromatic heterocycles. The van der Waals surface area contributed by atoms with E-state index in [0.29, 0.717) is 35.8 Å². The minimum absolute atomic E-state index is 0.0998. The van der Waals surface area contributed by atoms with Crippen LogP contribution in [0.5, 0.6) is 17.2 Å². The lowest BCUT2D eigenvalue weighted by molar-refractivity contribution is 0.0954. The summed E-state index contributed by atoms with van der Waals surface area (Å²) >= 11 is 2.13. The summed E-state index contributed by atoms with van der Waals surface area (Å²) in [5.41, 5.74) is 3.36. The van der Waals surface area contributed by atoms with Gasteiger partial charge < -0.3 is 14.6 Å². The van der Waals surface area contributed by atoms with E-state index in [9.17, 15) is 9.90 Å². The van der Waals surface area contributed by atoms with Crippen molar-refractivity contribution < 1.29 is 19.4 Å². The van der Waals surface area contributed by atoms with E-state index in [1.54, 1.807) is 36.4 Å². The number of ether oxygens (including phenoxy) is 2. The molecule has 2 aromatic rings. The molecule has 0 fully saturated rings. The fourth-order valence-corrected chi connectivity index (χ4v) is 2.55. The second kappa shape index (κ2) is 6.86. The Morgan fingerprint density at radius 2 is 1.96 bits per heavy atom. The van der Waals surface area contributed by atoms with Crippen LogP contribution in [0, 0.1) is 3.57 Å². The fraction of sp³-hybridized carbons (Fsp3) is 0.125. The number of aromatic hydroxyl groups is 1. The summed E-state index contributed by atoms with van der Waals surface area (Å²) in [7, 11) is 0. The number of halogens is 1. The quantitative estimate of drug-likeness (QED) is 0.451. The third kappa shape index (κ3) is 3.73. The Bertz CT molecular complexity index is 777. The van der Waals surface area contributed by atoms with Crippen LogP contribution >= 0.6 is 22.6 Å². The highest BCUT2D eigenvalue weighted by atomic mass is 127. The first-order valence-electron chi connectivity index (χ1n) is 6.85. The van der Waals surface area contributed by atoms with Crippen LogP contribution in [0.3, 0.4) is 0 Å². The van der Waals surface area contributed by atoms with Gasteiger partial charge in [-0.25, -0.2) is 5.43 Å². The van der Waals surface area contributed by atoms with Gasteiger partial charge in [0, 0.05) is 14.7 Å². The monoisotopic (exact) mass is 424 g/mol. The number of carbonyl (C=O) groups excluding carboxylic acids is 1. The Morgan fingerprint density at radius 1 is 1.17 bits per heavy atom. The molecule has 0 radical (unpaired) electrons. The lowest BCUT2D eigenvalue weighted by atomic mass is 10.2. The van der Waals surface area contributed by atoms with Crippen LogP contribution in [-0.2, 0) is 0 Å². The van der Waals surface area contributed by atoms with Gasteiger partial charge in [-0.05, 0) is 59.0 Å². The van der Waals surface area contributed by atoms with E-state index in [1.807, 2.05) is 0 Å². The maximum absolute atomic E-state index is 12.1. The number of nitrogens with one attached hydrogen (secondary N) is 1. The molecule has 6 nitrogen and oxygen atoms in total. The zero-order chi connectivity index (χ0) is 16.2. The third-order valence-corrected chi connectivity index (χ3v) is 3.83. The molecule has 0 unspecified atom stereocenters. The Kier molecular flexibility index (Phi) is 4.65. The Hall–Kier alpha value is -2.29. The smallest absolute Gasteiger partial charge is 0.271 e. The molecule has 0 atom stereocenters. The summed E-state index contributed by atoms with van der Waals surface area (Å²) in [6, 6.07) is 10.1. The number of fused-ring (bicyclic) bond motifs is 1. The summed E-state index contributed by atoms with van der Waals surface area (Å²) in [4.78, 5) is 12.1. The van der Waals surface area contributed by atoms with Crippen molar-refractivity contribution in [1.29, 1.82) is 0 Å². The van der Waals surface area contributed by atoms with Crippen molar-refractivity contribution in [3.8, 4) is 17.2 Å². The molecule has 1 aliphatic rings. The Balaban J connectivity index is 1.69. The number of hydrogen-bond acceptors (Lipinski definition) is 5. The summed E-state index contributed by atoms with van der Waals surface area (Å²) in [6.07, 6.45) is 1.40. The second-order valence-electron chi connectivity index (χ2n) is 4.76. The number of benzene rings is 2. The van der Waals surface area contributed by atoms with Gasteiger partial charge in [-0.2, -0.15) is 5.10 Å². The highest BCUT2D eigenvalue weighted by molar-refractivity contribution is 14.1. The molecule has 0 aliphatic carbocycles. The van der Waals surface area contributed by atoms with E-state index >= 15 is 0 Å². The number of hydrazone groups is 1. The summed E-state index contributed by atoms with van der Waals surface area (Å²) in [5, 5.41) is 13.6. The van der Waals surface area contributed by atoms with Gasteiger partial charge in [0.1, 0.15) is 19.0 Å². The van der Waals surface area contributed by atoms with Crippen LogP contribution < -0.4 is 14.9 Å². The van der Waals surface area contributed by atoms with Crippen molar-refractivity contribution in [3.63, 3.8) is 0 Å². The number of nitrogens with zero attached hydrogens (tertiary/aromatic N) is 1. The number of phenols is 1. The molecule has 0 bridgehead atoms. The van der Waals surface area contributed by atoms with Crippen LogP contribution in [0.4, 0.5) is 0 Å². The van der Waals surface area contributed by atoms with E-state index in [-0.39, 0.29) is 11.7 Å². The summed E-state index contributed by atoms with van der Waals surface area (Å²) in [5.74, 6) is 0.898. The predicted octanol–water partition coefficient (Wildman–Crippen LogP) is 2.53. The van der Waals surface area contributed by atoms with Gasteiger partial charge in [-0.3, -0.25) is 4.79 Å². The van der Waals surface area contributed by atoms with Crippen molar-refractivity contribution in [2.24, 2.45) is 5.10 Å². The molecule has 1 heterocycles. The van der Waals surface area contributed by atoms with Crippen molar-refractivity contribution >= 4 is 34.7 Å². The molecule has 2 aromatic carbocycles. The molecule has 118 valence electrons. The molecule has 0 saturated heterocycles. The SMILES string of the molecule is O=C(N/N=C/c1cc(I)ccc1O)c1ccc2c(c1)OCCO2. The minimum Gasteiger partial charge on any atom is -0.507 e. The molecular weight excluding hydrogens is 411 g/mol. The first kappa shape index (κ1) is 15.6. The predicted molar refractivity (Wildman–Crippen MR) is 93.3 cm³/mol. The molecular formula is C16H13IN2O4. The molecule has 23 heavy (non-hydrogen) atoms. The largest absolute Gasteiger partial charge is 0.507 e. The molecule has 0 saturated carbocycles. The van der Waals surface area contributed by atoms with Gasteiger partial charge in [-0.15, -0.1) is 0 Å². The lowest BCUT2D eigenvalue weighted by Crippen LogP contribution is -2.19. The number of amides is 1. The molecule has 2 N–H and O–H groups in total. The van der Waals surface area contributed by atoms with Crippen molar-refractivity contribution in [2.75, 3.05) is 13.2 Å². The van der Waals surface area contributed by atoms with Gasteiger partial charge >= 0.3 is 0 Å². The Morgan fingerprint density at radius 3 is 2.78 bits per heavy atom. The maximum Gasteiger partial charge on any atom is 0.271 e. The van der Waals surface area contributed by atoms with Crippen molar-refractivity contribution in [3.05, 3.63) is 51.1 Å². The van der Waals surface area contributed by atoms with Gasteiger partial charge in [0.05, 0.1) is 6.21 Å². The third-order valence-electron chi connectivity index (χ3n) is 3.16. The first-order valence-corrected chi connectivity index (χ1v) is 7.93. The van der Waals surface area contributed by atoms with Gasteiger partial charge in [0.15, 0.2) is 11.5 Å². The zero-order valence-electron chi connectivity index (χ0n) is 12.0. The van der Waals surface area contributed by atoms with E-state index in [4.69, 9.17) is 9.47 Å².